The van der Waals surface area contributed by atoms with Crippen LogP contribution in [0.1, 0.15) is 23.7 Å². The minimum absolute atomic E-state index is 0.0762. The van der Waals surface area contributed by atoms with Crippen LogP contribution in [-0.4, -0.2) is 17.6 Å². The number of aromatic carboxylic acids is 1. The number of carbonyl (C=O) groups is 1. The molecule has 1 rings (SSSR count). The van der Waals surface area contributed by atoms with Gasteiger partial charge >= 0.3 is 5.97 Å². The van der Waals surface area contributed by atoms with Crippen molar-refractivity contribution in [2.24, 2.45) is 0 Å². The van der Waals surface area contributed by atoms with Crippen molar-refractivity contribution in [2.45, 2.75) is 18.2 Å². The van der Waals surface area contributed by atoms with E-state index in [0.29, 0.717) is 12.6 Å². The lowest BCUT2D eigenvalue weighted by atomic mass is 10.2. The second-order valence-electron chi connectivity index (χ2n) is 3.06. The number of halogens is 2. The van der Waals surface area contributed by atoms with Gasteiger partial charge in [0.05, 0.1) is 10.5 Å². The second kappa shape index (κ2) is 5.81. The van der Waals surface area contributed by atoms with Crippen molar-refractivity contribution >= 4 is 17.9 Å². The highest BCUT2D eigenvalue weighted by molar-refractivity contribution is 7.97. The van der Waals surface area contributed by atoms with E-state index in [9.17, 15) is 13.6 Å². The zero-order chi connectivity index (χ0) is 12.1. The Labute approximate surface area is 96.0 Å². The predicted octanol–water partition coefficient (Wildman–Crippen LogP) is 2.67. The maximum absolute atomic E-state index is 13.2. The van der Waals surface area contributed by atoms with Crippen molar-refractivity contribution in [3.05, 3.63) is 29.3 Å². The molecule has 0 atom stereocenters. The molecule has 1 aromatic rings. The van der Waals surface area contributed by atoms with Gasteiger partial charge in [0.15, 0.2) is 0 Å². The highest BCUT2D eigenvalue weighted by Crippen LogP contribution is 2.22. The Balaban J connectivity index is 2.91. The average Bonchev–Trinajstić information content (AvgIpc) is 2.21. The van der Waals surface area contributed by atoms with Gasteiger partial charge in [0, 0.05) is 12.6 Å². The number of nitrogens with one attached hydrogen (secondary N) is 1. The standard InChI is InChI=1S/C10H11F2NO2S/c1-2-3-13-16-9-4-6(10(14)15)7(11)5-8(9)12/h4-5,13H,2-3H2,1H3,(H,14,15). The van der Waals surface area contributed by atoms with Gasteiger partial charge < -0.3 is 5.11 Å². The fourth-order valence-electron chi connectivity index (χ4n) is 1.00. The molecule has 0 aliphatic rings. The third-order valence-electron chi connectivity index (χ3n) is 1.79. The van der Waals surface area contributed by atoms with Gasteiger partial charge in [-0.3, -0.25) is 4.72 Å². The van der Waals surface area contributed by atoms with Crippen LogP contribution in [0.15, 0.2) is 17.0 Å². The van der Waals surface area contributed by atoms with Crippen LogP contribution < -0.4 is 4.72 Å². The Morgan fingerprint density at radius 2 is 2.12 bits per heavy atom. The van der Waals surface area contributed by atoms with Gasteiger partial charge in [0.1, 0.15) is 11.6 Å². The van der Waals surface area contributed by atoms with Crippen molar-refractivity contribution in [3.63, 3.8) is 0 Å². The van der Waals surface area contributed by atoms with Crippen molar-refractivity contribution in [1.29, 1.82) is 0 Å². The highest BCUT2D eigenvalue weighted by Gasteiger charge is 2.15. The lowest BCUT2D eigenvalue weighted by Crippen LogP contribution is -2.06. The molecule has 2 N–H and O–H groups in total. The summed E-state index contributed by atoms with van der Waals surface area (Å²) >= 11 is 0.957. The van der Waals surface area contributed by atoms with E-state index in [1.165, 1.54) is 0 Å². The Bertz CT molecular complexity index is 399. The molecular weight excluding hydrogens is 236 g/mol. The van der Waals surface area contributed by atoms with Gasteiger partial charge in [-0.25, -0.2) is 13.6 Å². The minimum atomic E-state index is -1.41. The summed E-state index contributed by atoms with van der Waals surface area (Å²) in [6, 6.07) is 1.57. The first kappa shape index (κ1) is 12.9. The SMILES string of the molecule is CCCNSc1cc(C(=O)O)c(F)cc1F. The lowest BCUT2D eigenvalue weighted by Gasteiger charge is -2.05. The molecule has 0 radical (unpaired) electrons. The first-order valence-corrected chi connectivity index (χ1v) is 5.50. The molecule has 88 valence electrons. The highest BCUT2D eigenvalue weighted by atomic mass is 32.2. The summed E-state index contributed by atoms with van der Waals surface area (Å²) in [7, 11) is 0. The lowest BCUT2D eigenvalue weighted by molar-refractivity contribution is 0.0691. The molecule has 0 amide bonds. The van der Waals surface area contributed by atoms with Crippen LogP contribution in [0.4, 0.5) is 8.78 Å². The van der Waals surface area contributed by atoms with Crippen molar-refractivity contribution in [2.75, 3.05) is 6.54 Å². The molecule has 0 aliphatic carbocycles. The summed E-state index contributed by atoms with van der Waals surface area (Å²) in [6.45, 7) is 2.60. The van der Waals surface area contributed by atoms with Crippen LogP contribution >= 0.6 is 11.9 Å². The summed E-state index contributed by atoms with van der Waals surface area (Å²) in [5.41, 5.74) is -0.526. The van der Waals surface area contributed by atoms with Gasteiger partial charge in [0.25, 0.3) is 0 Å². The summed E-state index contributed by atoms with van der Waals surface area (Å²) < 4.78 is 29.1. The Morgan fingerprint density at radius 3 is 2.69 bits per heavy atom. The van der Waals surface area contributed by atoms with Gasteiger partial charge in [-0.1, -0.05) is 6.92 Å². The van der Waals surface area contributed by atoms with Crippen molar-refractivity contribution in [3.8, 4) is 0 Å². The fraction of sp³-hybridized carbons (Fsp3) is 0.300. The summed E-state index contributed by atoms with van der Waals surface area (Å²) in [6.07, 6.45) is 0.863. The van der Waals surface area contributed by atoms with Crippen LogP contribution in [0.5, 0.6) is 0 Å². The number of carboxylic acids is 1. The predicted molar refractivity (Wildman–Crippen MR) is 57.5 cm³/mol. The first-order valence-electron chi connectivity index (χ1n) is 4.68. The number of hydrogen-bond acceptors (Lipinski definition) is 3. The molecule has 0 aromatic heterocycles. The molecule has 16 heavy (non-hydrogen) atoms. The first-order chi connectivity index (χ1) is 7.56. The zero-order valence-corrected chi connectivity index (χ0v) is 9.41. The van der Waals surface area contributed by atoms with E-state index in [2.05, 4.69) is 4.72 Å². The van der Waals surface area contributed by atoms with Crippen LogP contribution in [0.25, 0.3) is 0 Å². The molecule has 0 fully saturated rings. The third-order valence-corrected chi connectivity index (χ3v) is 2.67. The van der Waals surface area contributed by atoms with Gasteiger partial charge in [-0.15, -0.1) is 0 Å². The average molecular weight is 247 g/mol. The smallest absolute Gasteiger partial charge is 0.338 e. The topological polar surface area (TPSA) is 49.3 Å². The molecule has 0 bridgehead atoms. The molecule has 0 saturated carbocycles. The Kier molecular flexibility index (Phi) is 4.70. The van der Waals surface area contributed by atoms with Gasteiger partial charge in [-0.2, -0.15) is 0 Å². The molecule has 0 saturated heterocycles. The van der Waals surface area contributed by atoms with E-state index in [0.717, 1.165) is 24.4 Å². The quantitative estimate of drug-likeness (QED) is 0.620. The molecule has 0 spiro atoms. The number of rotatable bonds is 5. The summed E-state index contributed by atoms with van der Waals surface area (Å²) in [4.78, 5) is 10.7. The molecular formula is C10H11F2NO2S. The molecule has 1 aromatic carbocycles. The molecule has 0 aliphatic heterocycles. The number of benzene rings is 1. The van der Waals surface area contributed by atoms with Crippen molar-refractivity contribution < 1.29 is 18.7 Å². The van der Waals surface area contributed by atoms with E-state index in [1.807, 2.05) is 6.92 Å². The maximum atomic E-state index is 13.2. The van der Waals surface area contributed by atoms with E-state index in [4.69, 9.17) is 5.11 Å². The van der Waals surface area contributed by atoms with Crippen molar-refractivity contribution in [1.82, 2.24) is 4.72 Å². The van der Waals surface area contributed by atoms with E-state index in [-0.39, 0.29) is 4.90 Å². The Morgan fingerprint density at radius 1 is 1.44 bits per heavy atom. The van der Waals surface area contributed by atoms with Crippen LogP contribution in [0.3, 0.4) is 0 Å². The second-order valence-corrected chi connectivity index (χ2v) is 4.00. The van der Waals surface area contributed by atoms with E-state index >= 15 is 0 Å². The summed E-state index contributed by atoms with van der Waals surface area (Å²) in [5.74, 6) is -3.24. The zero-order valence-electron chi connectivity index (χ0n) is 8.59. The van der Waals surface area contributed by atoms with Gasteiger partial charge in [-0.05, 0) is 24.4 Å². The largest absolute Gasteiger partial charge is 0.478 e. The van der Waals surface area contributed by atoms with Crippen LogP contribution in [-0.2, 0) is 0 Å². The Hall–Kier alpha value is -1.14. The van der Waals surface area contributed by atoms with Crippen LogP contribution in [0, 0.1) is 11.6 Å². The normalized spacial score (nSPS) is 10.4. The molecule has 3 nitrogen and oxygen atoms in total. The fourth-order valence-corrected chi connectivity index (χ4v) is 1.80. The minimum Gasteiger partial charge on any atom is -0.478 e. The third kappa shape index (κ3) is 3.18. The monoisotopic (exact) mass is 247 g/mol. The van der Waals surface area contributed by atoms with Crippen LogP contribution in [0.2, 0.25) is 0 Å². The number of hydrogen-bond donors (Lipinski definition) is 2. The van der Waals surface area contributed by atoms with E-state index < -0.39 is 23.2 Å². The molecule has 6 heteroatoms. The molecule has 0 unspecified atom stereocenters. The summed E-state index contributed by atoms with van der Waals surface area (Å²) in [5, 5.41) is 8.66. The maximum Gasteiger partial charge on any atom is 0.338 e. The number of carboxylic acid groups (broad SMARTS) is 1. The molecule has 0 heterocycles. The van der Waals surface area contributed by atoms with E-state index in [1.54, 1.807) is 0 Å². The van der Waals surface area contributed by atoms with Gasteiger partial charge in [0.2, 0.25) is 0 Å².